The van der Waals surface area contributed by atoms with Gasteiger partial charge in [-0.25, -0.2) is 23.9 Å². The third kappa shape index (κ3) is 19.0. The van der Waals surface area contributed by atoms with E-state index in [9.17, 15) is 24.0 Å². The number of nitrogens with one attached hydrogen (secondary N) is 5. The third-order valence-corrected chi connectivity index (χ3v) is 14.2. The van der Waals surface area contributed by atoms with Crippen molar-refractivity contribution in [2.75, 3.05) is 83.1 Å². The molecule has 0 fully saturated rings. The van der Waals surface area contributed by atoms with Crippen molar-refractivity contribution in [3.8, 4) is 42.3 Å². The first-order valence-electron chi connectivity index (χ1n) is 26.2. The molecule has 3 aromatic heterocycles. The first-order valence-corrected chi connectivity index (χ1v) is 27.8. The first-order chi connectivity index (χ1) is 39.2. The molecule has 23 heteroatoms. The Hall–Kier alpha value is -8.66. The molecule has 3 aromatic carbocycles. The molecule has 4 amide bonds. The van der Waals surface area contributed by atoms with Crippen molar-refractivity contribution in [3.63, 3.8) is 0 Å². The number of fused-ring (bicyclic) bond motifs is 1. The summed E-state index contributed by atoms with van der Waals surface area (Å²) in [5, 5.41) is 24.4. The number of para-hydroxylation sites is 1. The number of hydrogen-bond donors (Lipinski definition) is 5. The van der Waals surface area contributed by atoms with Gasteiger partial charge in [0, 0.05) is 28.7 Å². The van der Waals surface area contributed by atoms with Crippen LogP contribution in [0.2, 0.25) is 0 Å². The molecule has 430 valence electrons. The highest BCUT2D eigenvalue weighted by atomic mass is 32.1. The summed E-state index contributed by atoms with van der Waals surface area (Å²) in [6.07, 6.45) is 12.0. The van der Waals surface area contributed by atoms with Gasteiger partial charge in [0.1, 0.15) is 37.0 Å². The smallest absolute Gasteiger partial charge is 0.411 e. The lowest BCUT2D eigenvalue weighted by Crippen LogP contribution is -2.48. The average molecular weight is 1160 g/mol. The fraction of sp³-hybridized carbons (Fsp3) is 0.373. The maximum atomic E-state index is 15.4. The number of carbonyl (C=O) groups is 5. The van der Waals surface area contributed by atoms with Gasteiger partial charge in [0.05, 0.1) is 44.0 Å². The summed E-state index contributed by atoms with van der Waals surface area (Å²) in [6, 6.07) is 18.6. The number of aryl methyl sites for hydroxylation is 2. The Bertz CT molecular complexity index is 3360. The number of halogens is 1. The number of aromatic nitrogens is 4. The predicted molar refractivity (Wildman–Crippen MR) is 317 cm³/mol. The van der Waals surface area contributed by atoms with E-state index in [1.54, 1.807) is 50.9 Å². The van der Waals surface area contributed by atoms with Gasteiger partial charge in [-0.3, -0.25) is 19.3 Å². The molecular formula is C59H68FN12O8S2+. The zero-order chi connectivity index (χ0) is 59.4. The molecule has 5 N–H and O–H groups in total. The Labute approximate surface area is 485 Å². The SMILES string of the molecule is C#CCOC(=O)N(CC#C)Cc1cc(NC(=O)C(CCCNC)NC(=O)CNC(=O)OC(C)(C)C)ccc1C[N+](C)(C)CC#Cc1ccc(OCCCc2sc(N(C)c3cc(C)c(Nc4nc5ccccc5s4)nn3)nc2C=O)c(F)c1. The number of rotatable bonds is 26. The molecular weight excluding hydrogens is 1090 g/mol. The maximum absolute atomic E-state index is 15.4. The molecule has 0 radical (unpaired) electrons. The van der Waals surface area contributed by atoms with Crippen LogP contribution in [0, 0.1) is 49.3 Å². The van der Waals surface area contributed by atoms with Crippen LogP contribution in [0.5, 0.6) is 5.75 Å². The topological polar surface area (TPSA) is 231 Å². The molecule has 0 saturated heterocycles. The number of thiazole rings is 2. The number of alkyl carbamates (subject to hydrolysis) is 1. The summed E-state index contributed by atoms with van der Waals surface area (Å²) in [6.45, 7) is 7.72. The molecule has 0 bridgehead atoms. The number of hydrogen-bond acceptors (Lipinski definition) is 17. The van der Waals surface area contributed by atoms with E-state index in [2.05, 4.69) is 70.4 Å². The van der Waals surface area contributed by atoms with Gasteiger partial charge in [-0.2, -0.15) is 0 Å². The lowest BCUT2D eigenvalue weighted by Gasteiger charge is -2.29. The number of carbonyl (C=O) groups excluding carboxylic acids is 5. The van der Waals surface area contributed by atoms with Gasteiger partial charge in [0.2, 0.25) is 11.8 Å². The van der Waals surface area contributed by atoms with Gasteiger partial charge >= 0.3 is 12.2 Å². The van der Waals surface area contributed by atoms with Crippen molar-refractivity contribution < 1.29 is 47.1 Å². The summed E-state index contributed by atoms with van der Waals surface area (Å²) < 4.78 is 33.1. The Morgan fingerprint density at radius 2 is 1.76 bits per heavy atom. The van der Waals surface area contributed by atoms with E-state index in [-0.39, 0.29) is 38.5 Å². The van der Waals surface area contributed by atoms with Crippen molar-refractivity contribution in [3.05, 3.63) is 105 Å². The highest BCUT2D eigenvalue weighted by molar-refractivity contribution is 7.22. The number of ether oxygens (including phenoxy) is 3. The second-order valence-electron chi connectivity index (χ2n) is 20.5. The van der Waals surface area contributed by atoms with Crippen molar-refractivity contribution >= 4 is 90.8 Å². The quantitative estimate of drug-likeness (QED) is 0.0149. The zero-order valence-corrected chi connectivity index (χ0v) is 48.9. The van der Waals surface area contributed by atoms with Crippen LogP contribution in [0.3, 0.4) is 0 Å². The molecule has 3 heterocycles. The van der Waals surface area contributed by atoms with Gasteiger partial charge in [-0.05, 0) is 133 Å². The van der Waals surface area contributed by atoms with Crippen LogP contribution >= 0.6 is 22.7 Å². The summed E-state index contributed by atoms with van der Waals surface area (Å²) in [7, 11) is 7.51. The van der Waals surface area contributed by atoms with Crippen LogP contribution in [0.4, 0.5) is 41.6 Å². The minimum Gasteiger partial charge on any atom is -0.491 e. The Morgan fingerprint density at radius 1 is 0.963 bits per heavy atom. The predicted octanol–water partition coefficient (Wildman–Crippen LogP) is 8.11. The summed E-state index contributed by atoms with van der Waals surface area (Å²) in [5.74, 6) is 10.5. The molecule has 20 nitrogen and oxygen atoms in total. The highest BCUT2D eigenvalue weighted by Crippen LogP contribution is 2.33. The van der Waals surface area contributed by atoms with Crippen LogP contribution in [0.1, 0.15) is 77.7 Å². The standard InChI is InChI=1S/C59H67FN12O8S2/c1-11-28-71(58(77)79-30-12-2)36-42-34-43(63-54(75)46(20-15-27-61-7)64-52(74)35-62-57(76)80-59(4,5)6)25-24-41(42)37-72(9,10)29-16-18-40-23-26-48(44(60)33-40)78-31-17-22-50-47(38-73)66-56(82-50)70(8)51-32-39(3)53(69-68-51)67-55-65-45-19-13-14-21-49(45)81-55/h1-2,13-14,19,21,23-26,32-34,38,46,61H,15,17,20,22,27-31,35-37H2,3-10H3,(H3-,62,63,64,65,67,69,74,75,76)/p+1. The molecule has 0 aliphatic rings. The lowest BCUT2D eigenvalue weighted by molar-refractivity contribution is -0.896. The van der Waals surface area contributed by atoms with E-state index in [1.807, 2.05) is 64.5 Å². The van der Waals surface area contributed by atoms with E-state index in [0.717, 1.165) is 32.5 Å². The van der Waals surface area contributed by atoms with Crippen molar-refractivity contribution in [1.82, 2.24) is 41.0 Å². The van der Waals surface area contributed by atoms with Gasteiger partial charge in [0.15, 0.2) is 46.4 Å². The Kier molecular flexibility index (Phi) is 22.6. The molecule has 82 heavy (non-hydrogen) atoms. The normalized spacial score (nSPS) is 11.5. The molecule has 0 spiro atoms. The summed E-state index contributed by atoms with van der Waals surface area (Å²) >= 11 is 2.88. The Morgan fingerprint density at radius 3 is 2.46 bits per heavy atom. The number of benzene rings is 3. The van der Waals surface area contributed by atoms with Crippen molar-refractivity contribution in [2.45, 2.75) is 78.1 Å². The van der Waals surface area contributed by atoms with E-state index in [0.29, 0.717) is 87.8 Å². The minimum absolute atomic E-state index is 0.00773. The van der Waals surface area contributed by atoms with Crippen LogP contribution in [-0.2, 0) is 38.6 Å². The van der Waals surface area contributed by atoms with Crippen molar-refractivity contribution in [2.24, 2.45) is 0 Å². The largest absolute Gasteiger partial charge is 0.491 e. The number of terminal acetylenes is 2. The van der Waals surface area contributed by atoms with Crippen LogP contribution < -0.4 is 36.2 Å². The first kappa shape index (κ1) is 62.5. The van der Waals surface area contributed by atoms with Gasteiger partial charge in [-0.1, -0.05) is 47.3 Å². The Balaban J connectivity index is 1.06. The van der Waals surface area contributed by atoms with E-state index >= 15 is 4.39 Å². The monoisotopic (exact) mass is 1160 g/mol. The molecule has 0 aliphatic carbocycles. The second kappa shape index (κ2) is 29.7. The number of anilines is 5. The van der Waals surface area contributed by atoms with Gasteiger partial charge in [-0.15, -0.1) is 34.4 Å². The molecule has 0 saturated carbocycles. The van der Waals surface area contributed by atoms with Gasteiger partial charge in [0.25, 0.3) is 0 Å². The highest BCUT2D eigenvalue weighted by Gasteiger charge is 2.26. The number of amides is 4. The molecule has 6 rings (SSSR count). The zero-order valence-electron chi connectivity index (χ0n) is 47.2. The van der Waals surface area contributed by atoms with Crippen LogP contribution in [0.25, 0.3) is 10.2 Å². The van der Waals surface area contributed by atoms with E-state index < -0.39 is 48.0 Å². The molecule has 1 unspecified atom stereocenters. The second-order valence-corrected chi connectivity index (χ2v) is 22.6. The third-order valence-electron chi connectivity index (χ3n) is 12.0. The summed E-state index contributed by atoms with van der Waals surface area (Å²) in [5.41, 5.74) is 3.54. The maximum Gasteiger partial charge on any atom is 0.411 e. The van der Waals surface area contributed by atoms with Gasteiger partial charge < -0.3 is 50.2 Å². The molecule has 1 atom stereocenters. The van der Waals surface area contributed by atoms with E-state index in [1.165, 1.54) is 39.7 Å². The lowest BCUT2D eigenvalue weighted by atomic mass is 10.0. The average Bonchev–Trinajstić information content (AvgIpc) is 4.26. The number of nitrogens with zero attached hydrogens (tertiary/aromatic N) is 7. The number of aldehydes is 1. The summed E-state index contributed by atoms with van der Waals surface area (Å²) in [4.78, 5) is 77.1. The fourth-order valence-corrected chi connectivity index (χ4v) is 9.93. The molecule has 0 aliphatic heterocycles. The minimum atomic E-state index is -0.965. The fourth-order valence-electron chi connectivity index (χ4n) is 8.03. The van der Waals surface area contributed by atoms with E-state index in [4.69, 9.17) is 27.1 Å². The number of quaternary nitrogens is 1. The molecule has 6 aromatic rings. The van der Waals surface area contributed by atoms with Crippen molar-refractivity contribution in [1.29, 1.82) is 0 Å². The van der Waals surface area contributed by atoms with Crippen LogP contribution in [0.15, 0.2) is 66.7 Å². The van der Waals surface area contributed by atoms with Crippen LogP contribution in [-0.4, -0.2) is 139 Å².